The minimum absolute atomic E-state index is 0.179. The van der Waals surface area contributed by atoms with E-state index >= 15 is 0 Å². The molecule has 4 rings (SSSR count). The van der Waals surface area contributed by atoms with E-state index in [4.69, 9.17) is 4.42 Å². The lowest BCUT2D eigenvalue weighted by Crippen LogP contribution is -2.37. The van der Waals surface area contributed by atoms with Crippen molar-refractivity contribution in [1.82, 2.24) is 19.7 Å². The van der Waals surface area contributed by atoms with Crippen LogP contribution < -0.4 is 15.9 Å². The van der Waals surface area contributed by atoms with Crippen LogP contribution in [0.3, 0.4) is 0 Å². The molecule has 0 saturated carbocycles. The monoisotopic (exact) mass is 367 g/mol. The molecule has 0 spiro atoms. The Kier molecular flexibility index (Phi) is 4.11. The number of carbonyl (C=O) groups is 2. The van der Waals surface area contributed by atoms with E-state index in [0.29, 0.717) is 17.3 Å². The lowest BCUT2D eigenvalue weighted by atomic mass is 10.3. The first-order chi connectivity index (χ1) is 13.0. The second-order valence-corrected chi connectivity index (χ2v) is 6.19. The van der Waals surface area contributed by atoms with Crippen LogP contribution in [0.2, 0.25) is 0 Å². The number of nitrogens with one attached hydrogen (secondary N) is 1. The van der Waals surface area contributed by atoms with Gasteiger partial charge in [0, 0.05) is 5.69 Å². The number of para-hydroxylation sites is 1. The minimum Gasteiger partial charge on any atom is -0.465 e. The van der Waals surface area contributed by atoms with Crippen LogP contribution in [0.25, 0.3) is 0 Å². The second-order valence-electron chi connectivity index (χ2n) is 6.19. The van der Waals surface area contributed by atoms with E-state index in [-0.39, 0.29) is 19.6 Å². The Balaban J connectivity index is 1.45. The molecular formula is C18H17N5O4. The van der Waals surface area contributed by atoms with Crippen molar-refractivity contribution in [2.45, 2.75) is 26.6 Å². The standard InChI is InChI=1S/C18H17N5O4/c1-12-7-8-14(27-12)9-19-16(24)11-22-18(26)23-15(20-22)10-21(17(23)25)13-5-3-2-4-6-13/h2-8H,9-11H2,1H3,(H,19,24). The highest BCUT2D eigenvalue weighted by atomic mass is 16.3. The van der Waals surface area contributed by atoms with Gasteiger partial charge in [-0.05, 0) is 31.2 Å². The molecule has 9 heteroatoms. The third-order valence-corrected chi connectivity index (χ3v) is 4.25. The van der Waals surface area contributed by atoms with Crippen LogP contribution in [0.5, 0.6) is 0 Å². The predicted octanol–water partition coefficient (Wildman–Crippen LogP) is 1.25. The fourth-order valence-electron chi connectivity index (χ4n) is 2.95. The van der Waals surface area contributed by atoms with Crippen molar-refractivity contribution in [3.63, 3.8) is 0 Å². The Hall–Kier alpha value is -3.62. The van der Waals surface area contributed by atoms with E-state index in [1.54, 1.807) is 24.3 Å². The SMILES string of the molecule is Cc1ccc(CNC(=O)Cn2nc3n(c2=O)C(=O)N(c2ccccc2)C3)o1. The molecule has 1 N–H and O–H groups in total. The number of anilines is 1. The summed E-state index contributed by atoms with van der Waals surface area (Å²) in [4.78, 5) is 38.6. The first-order valence-electron chi connectivity index (χ1n) is 8.40. The van der Waals surface area contributed by atoms with Crippen LogP contribution in [-0.4, -0.2) is 26.3 Å². The molecule has 0 bridgehead atoms. The van der Waals surface area contributed by atoms with Gasteiger partial charge in [0.25, 0.3) is 0 Å². The molecule has 2 aromatic heterocycles. The number of aromatic nitrogens is 3. The van der Waals surface area contributed by atoms with Crippen molar-refractivity contribution < 1.29 is 14.0 Å². The molecule has 0 atom stereocenters. The zero-order chi connectivity index (χ0) is 19.0. The summed E-state index contributed by atoms with van der Waals surface area (Å²) in [5.74, 6) is 1.29. The first-order valence-corrected chi connectivity index (χ1v) is 8.40. The molecule has 27 heavy (non-hydrogen) atoms. The van der Waals surface area contributed by atoms with Crippen LogP contribution in [0.15, 0.2) is 51.7 Å². The largest absolute Gasteiger partial charge is 0.465 e. The maximum absolute atomic E-state index is 12.6. The van der Waals surface area contributed by atoms with Gasteiger partial charge in [0.15, 0.2) is 5.82 Å². The molecule has 9 nitrogen and oxygen atoms in total. The Labute approximate surface area is 153 Å². The molecule has 0 saturated heterocycles. The topological polar surface area (TPSA) is 102 Å². The number of aryl methyl sites for hydroxylation is 1. The molecule has 1 aliphatic heterocycles. The summed E-state index contributed by atoms with van der Waals surface area (Å²) in [6, 6.07) is 12.1. The fourth-order valence-corrected chi connectivity index (χ4v) is 2.95. The number of benzene rings is 1. The molecular weight excluding hydrogens is 350 g/mol. The van der Waals surface area contributed by atoms with Gasteiger partial charge in [0.05, 0.1) is 13.1 Å². The van der Waals surface area contributed by atoms with Crippen LogP contribution in [-0.2, 0) is 24.4 Å². The maximum Gasteiger partial charge on any atom is 0.354 e. The van der Waals surface area contributed by atoms with E-state index in [1.807, 2.05) is 25.1 Å². The third-order valence-electron chi connectivity index (χ3n) is 4.25. The minimum atomic E-state index is -0.627. The van der Waals surface area contributed by atoms with Crippen molar-refractivity contribution in [3.8, 4) is 0 Å². The van der Waals surface area contributed by atoms with Crippen LogP contribution >= 0.6 is 0 Å². The molecule has 0 fully saturated rings. The van der Waals surface area contributed by atoms with Gasteiger partial charge in [0.2, 0.25) is 5.91 Å². The Morgan fingerprint density at radius 1 is 1.19 bits per heavy atom. The average Bonchev–Trinajstić information content (AvgIpc) is 3.31. The highest BCUT2D eigenvalue weighted by Crippen LogP contribution is 2.21. The van der Waals surface area contributed by atoms with Gasteiger partial charge in [-0.25, -0.2) is 14.3 Å². The summed E-state index contributed by atoms with van der Waals surface area (Å²) in [6.07, 6.45) is 0. The summed E-state index contributed by atoms with van der Waals surface area (Å²) in [7, 11) is 0. The highest BCUT2D eigenvalue weighted by molar-refractivity contribution is 5.96. The number of carbonyl (C=O) groups excluding carboxylic acids is 2. The number of nitrogens with zero attached hydrogens (tertiary/aromatic N) is 4. The Morgan fingerprint density at radius 3 is 2.63 bits per heavy atom. The summed E-state index contributed by atoms with van der Waals surface area (Å²) >= 11 is 0. The van der Waals surface area contributed by atoms with Crippen LogP contribution in [0, 0.1) is 6.92 Å². The summed E-state index contributed by atoms with van der Waals surface area (Å²) in [6.45, 7) is 1.94. The van der Waals surface area contributed by atoms with Crippen LogP contribution in [0.4, 0.5) is 10.5 Å². The average molecular weight is 367 g/mol. The van der Waals surface area contributed by atoms with E-state index < -0.39 is 17.6 Å². The number of hydrogen-bond acceptors (Lipinski definition) is 5. The van der Waals surface area contributed by atoms with Gasteiger partial charge in [-0.2, -0.15) is 9.67 Å². The maximum atomic E-state index is 12.6. The Bertz CT molecular complexity index is 1060. The van der Waals surface area contributed by atoms with Crippen molar-refractivity contribution >= 4 is 17.6 Å². The fraction of sp³-hybridized carbons (Fsp3) is 0.222. The highest BCUT2D eigenvalue weighted by Gasteiger charge is 2.33. The summed E-state index contributed by atoms with van der Waals surface area (Å²) < 4.78 is 7.37. The first kappa shape index (κ1) is 16.8. The quantitative estimate of drug-likeness (QED) is 0.731. The number of furan rings is 1. The molecule has 0 radical (unpaired) electrons. The van der Waals surface area contributed by atoms with Crippen molar-refractivity contribution in [2.75, 3.05) is 4.90 Å². The van der Waals surface area contributed by atoms with E-state index in [1.165, 1.54) is 4.90 Å². The second kappa shape index (κ2) is 6.60. The molecule has 0 aliphatic carbocycles. The molecule has 138 valence electrons. The predicted molar refractivity (Wildman–Crippen MR) is 95.2 cm³/mol. The Morgan fingerprint density at radius 2 is 1.96 bits per heavy atom. The van der Waals surface area contributed by atoms with Gasteiger partial charge in [-0.15, -0.1) is 0 Å². The van der Waals surface area contributed by atoms with Crippen LogP contribution in [0.1, 0.15) is 17.3 Å². The molecule has 1 aromatic carbocycles. The van der Waals surface area contributed by atoms with Gasteiger partial charge < -0.3 is 9.73 Å². The lowest BCUT2D eigenvalue weighted by Gasteiger charge is -2.14. The summed E-state index contributed by atoms with van der Waals surface area (Å²) in [5.41, 5.74) is 0.0582. The molecule has 1 aliphatic rings. The van der Waals surface area contributed by atoms with E-state index in [2.05, 4.69) is 10.4 Å². The van der Waals surface area contributed by atoms with E-state index in [9.17, 15) is 14.4 Å². The van der Waals surface area contributed by atoms with Gasteiger partial charge in [-0.1, -0.05) is 18.2 Å². The van der Waals surface area contributed by atoms with Gasteiger partial charge in [-0.3, -0.25) is 9.69 Å². The molecule has 2 amide bonds. The van der Waals surface area contributed by atoms with Crippen molar-refractivity contribution in [3.05, 3.63) is 70.3 Å². The van der Waals surface area contributed by atoms with Gasteiger partial charge >= 0.3 is 11.7 Å². The molecule has 0 unspecified atom stereocenters. The third kappa shape index (κ3) is 3.14. The number of fused-ring (bicyclic) bond motifs is 1. The number of rotatable bonds is 5. The van der Waals surface area contributed by atoms with E-state index in [0.717, 1.165) is 15.0 Å². The normalized spacial score (nSPS) is 13.1. The zero-order valence-electron chi connectivity index (χ0n) is 14.6. The van der Waals surface area contributed by atoms with Crippen molar-refractivity contribution in [2.24, 2.45) is 0 Å². The van der Waals surface area contributed by atoms with Gasteiger partial charge in [0.1, 0.15) is 18.1 Å². The lowest BCUT2D eigenvalue weighted by molar-refractivity contribution is -0.122. The molecule has 3 heterocycles. The molecule has 3 aromatic rings. The number of hydrogen-bond donors (Lipinski definition) is 1. The van der Waals surface area contributed by atoms with Crippen molar-refractivity contribution in [1.29, 1.82) is 0 Å². The number of amides is 2. The zero-order valence-corrected chi connectivity index (χ0v) is 14.6. The smallest absolute Gasteiger partial charge is 0.354 e. The summed E-state index contributed by atoms with van der Waals surface area (Å²) in [5, 5.41) is 6.80.